The first-order valence-corrected chi connectivity index (χ1v) is 3.83. The Bertz CT molecular complexity index is 149. The van der Waals surface area contributed by atoms with Gasteiger partial charge in [-0.2, -0.15) is 0 Å². The molecule has 0 aromatic heterocycles. The Morgan fingerprint density at radius 2 is 2.64 bits per heavy atom. The van der Waals surface area contributed by atoms with E-state index in [-0.39, 0.29) is 11.8 Å². The number of rotatable bonds is 3. The van der Waals surface area contributed by atoms with E-state index in [9.17, 15) is 9.90 Å². The van der Waals surface area contributed by atoms with Crippen molar-refractivity contribution < 1.29 is 14.6 Å². The summed E-state index contributed by atoms with van der Waals surface area (Å²) in [5, 5.41) is 11.9. The summed E-state index contributed by atoms with van der Waals surface area (Å²) in [5.41, 5.74) is 0. The molecule has 1 aliphatic rings. The number of aliphatic hydroxyl groups excluding tert-OH is 1. The van der Waals surface area contributed by atoms with Crippen molar-refractivity contribution in [3.05, 3.63) is 0 Å². The van der Waals surface area contributed by atoms with Crippen LogP contribution in [0.2, 0.25) is 0 Å². The number of aliphatic hydroxyl groups is 1. The first-order valence-electron chi connectivity index (χ1n) is 3.83. The summed E-state index contributed by atoms with van der Waals surface area (Å²) in [6, 6.07) is 0. The summed E-state index contributed by atoms with van der Waals surface area (Å²) >= 11 is 0. The first kappa shape index (κ1) is 8.49. The number of carbonyl (C=O) groups is 1. The van der Waals surface area contributed by atoms with Crippen molar-refractivity contribution in [2.45, 2.75) is 19.6 Å². The molecule has 0 radical (unpaired) electrons. The van der Waals surface area contributed by atoms with Crippen LogP contribution >= 0.6 is 0 Å². The maximum Gasteiger partial charge on any atom is 0.228 e. The lowest BCUT2D eigenvalue weighted by molar-refractivity contribution is -0.150. The smallest absolute Gasteiger partial charge is 0.228 e. The van der Waals surface area contributed by atoms with E-state index in [1.807, 2.05) is 0 Å². The van der Waals surface area contributed by atoms with E-state index in [0.29, 0.717) is 19.6 Å². The van der Waals surface area contributed by atoms with Crippen molar-refractivity contribution in [3.8, 4) is 0 Å². The largest absolute Gasteiger partial charge is 0.367 e. The van der Waals surface area contributed by atoms with Crippen LogP contribution in [0, 0.1) is 5.92 Å². The lowest BCUT2D eigenvalue weighted by Gasteiger charge is -2.14. The standard InChI is InChI=1S/C7H13NO3/c1-2-11-7(10)5-3-4-8-6(5)9/h5,7,10H,2-4H2,1H3,(H,8,9). The fourth-order valence-corrected chi connectivity index (χ4v) is 1.17. The molecule has 1 fully saturated rings. The van der Waals surface area contributed by atoms with Crippen molar-refractivity contribution in [3.63, 3.8) is 0 Å². The second-order valence-corrected chi connectivity index (χ2v) is 2.53. The summed E-state index contributed by atoms with van der Waals surface area (Å²) in [6.07, 6.45) is -0.262. The van der Waals surface area contributed by atoms with Crippen molar-refractivity contribution in [1.29, 1.82) is 0 Å². The Morgan fingerprint density at radius 3 is 3.09 bits per heavy atom. The molecule has 2 atom stereocenters. The first-order chi connectivity index (χ1) is 5.25. The molecule has 1 rings (SSSR count). The third-order valence-corrected chi connectivity index (χ3v) is 1.77. The van der Waals surface area contributed by atoms with Gasteiger partial charge in [0.25, 0.3) is 0 Å². The summed E-state index contributed by atoms with van der Waals surface area (Å²) in [6.45, 7) is 2.87. The van der Waals surface area contributed by atoms with Crippen molar-refractivity contribution >= 4 is 5.91 Å². The monoisotopic (exact) mass is 159 g/mol. The van der Waals surface area contributed by atoms with Crippen LogP contribution in [0.3, 0.4) is 0 Å². The maximum absolute atomic E-state index is 10.9. The van der Waals surface area contributed by atoms with Crippen LogP contribution in [-0.2, 0) is 9.53 Å². The molecule has 1 amide bonds. The van der Waals surface area contributed by atoms with Gasteiger partial charge in [-0.25, -0.2) is 0 Å². The predicted octanol–water partition coefficient (Wildman–Crippen LogP) is -0.523. The Hall–Kier alpha value is -0.610. The fraction of sp³-hybridized carbons (Fsp3) is 0.857. The minimum atomic E-state index is -0.928. The quantitative estimate of drug-likeness (QED) is 0.545. The number of hydrogen-bond donors (Lipinski definition) is 2. The Balaban J connectivity index is 2.39. The third-order valence-electron chi connectivity index (χ3n) is 1.77. The van der Waals surface area contributed by atoms with Gasteiger partial charge < -0.3 is 15.2 Å². The van der Waals surface area contributed by atoms with Crippen molar-refractivity contribution in [2.24, 2.45) is 5.92 Å². The van der Waals surface area contributed by atoms with E-state index in [1.54, 1.807) is 6.92 Å². The normalized spacial score (nSPS) is 26.7. The lowest BCUT2D eigenvalue weighted by atomic mass is 10.1. The minimum Gasteiger partial charge on any atom is -0.367 e. The Kier molecular flexibility index (Phi) is 2.84. The second-order valence-electron chi connectivity index (χ2n) is 2.53. The molecule has 11 heavy (non-hydrogen) atoms. The van der Waals surface area contributed by atoms with Crippen LogP contribution in [0.4, 0.5) is 0 Å². The van der Waals surface area contributed by atoms with Gasteiger partial charge in [0.2, 0.25) is 5.91 Å². The van der Waals surface area contributed by atoms with Gasteiger partial charge in [-0.1, -0.05) is 0 Å². The molecular weight excluding hydrogens is 146 g/mol. The van der Waals surface area contributed by atoms with Gasteiger partial charge in [-0.15, -0.1) is 0 Å². The molecular formula is C7H13NO3. The highest BCUT2D eigenvalue weighted by Crippen LogP contribution is 2.14. The number of hydrogen-bond acceptors (Lipinski definition) is 3. The average Bonchev–Trinajstić information content (AvgIpc) is 2.36. The molecule has 0 aliphatic carbocycles. The predicted molar refractivity (Wildman–Crippen MR) is 38.7 cm³/mol. The molecule has 1 saturated heterocycles. The molecule has 4 heteroatoms. The fourth-order valence-electron chi connectivity index (χ4n) is 1.17. The highest BCUT2D eigenvalue weighted by atomic mass is 16.6. The molecule has 0 saturated carbocycles. The Morgan fingerprint density at radius 1 is 1.91 bits per heavy atom. The van der Waals surface area contributed by atoms with Gasteiger partial charge in [-0.05, 0) is 13.3 Å². The molecule has 2 N–H and O–H groups in total. The van der Waals surface area contributed by atoms with Crippen LogP contribution < -0.4 is 5.32 Å². The van der Waals surface area contributed by atoms with E-state index in [4.69, 9.17) is 4.74 Å². The van der Waals surface area contributed by atoms with E-state index >= 15 is 0 Å². The SMILES string of the molecule is CCOC(O)C1CCNC1=O. The number of amides is 1. The van der Waals surface area contributed by atoms with Gasteiger partial charge in [0.15, 0.2) is 6.29 Å². The Labute approximate surface area is 65.5 Å². The maximum atomic E-state index is 10.9. The molecule has 0 spiro atoms. The van der Waals surface area contributed by atoms with E-state index in [2.05, 4.69) is 5.32 Å². The zero-order valence-electron chi connectivity index (χ0n) is 6.54. The van der Waals surface area contributed by atoms with Crippen LogP contribution in [-0.4, -0.2) is 30.5 Å². The molecule has 0 aromatic rings. The average molecular weight is 159 g/mol. The van der Waals surface area contributed by atoms with Gasteiger partial charge in [0.1, 0.15) is 0 Å². The lowest BCUT2D eigenvalue weighted by Crippen LogP contribution is -2.30. The zero-order chi connectivity index (χ0) is 8.27. The van der Waals surface area contributed by atoms with Crippen LogP contribution in [0.5, 0.6) is 0 Å². The van der Waals surface area contributed by atoms with Crippen LogP contribution in [0.1, 0.15) is 13.3 Å². The summed E-state index contributed by atoms with van der Waals surface area (Å²) in [5.74, 6) is -0.471. The van der Waals surface area contributed by atoms with Crippen LogP contribution in [0.15, 0.2) is 0 Å². The summed E-state index contributed by atoms with van der Waals surface area (Å²) < 4.78 is 4.89. The highest BCUT2D eigenvalue weighted by Gasteiger charge is 2.31. The summed E-state index contributed by atoms with van der Waals surface area (Å²) in [7, 11) is 0. The zero-order valence-corrected chi connectivity index (χ0v) is 6.54. The molecule has 0 aromatic carbocycles. The van der Waals surface area contributed by atoms with Crippen molar-refractivity contribution in [1.82, 2.24) is 5.32 Å². The van der Waals surface area contributed by atoms with Crippen LogP contribution in [0.25, 0.3) is 0 Å². The van der Waals surface area contributed by atoms with Gasteiger partial charge >= 0.3 is 0 Å². The molecule has 0 bridgehead atoms. The second kappa shape index (κ2) is 3.69. The minimum absolute atomic E-state index is 0.106. The van der Waals surface area contributed by atoms with E-state index < -0.39 is 6.29 Å². The molecule has 2 unspecified atom stereocenters. The molecule has 1 heterocycles. The van der Waals surface area contributed by atoms with Gasteiger partial charge in [0, 0.05) is 13.2 Å². The van der Waals surface area contributed by atoms with E-state index in [0.717, 1.165) is 0 Å². The molecule has 4 nitrogen and oxygen atoms in total. The highest BCUT2D eigenvalue weighted by molar-refractivity contribution is 5.80. The topological polar surface area (TPSA) is 58.6 Å². The summed E-state index contributed by atoms with van der Waals surface area (Å²) in [4.78, 5) is 10.9. The van der Waals surface area contributed by atoms with Gasteiger partial charge in [-0.3, -0.25) is 4.79 Å². The number of nitrogens with one attached hydrogen (secondary N) is 1. The third kappa shape index (κ3) is 1.91. The van der Waals surface area contributed by atoms with Crippen molar-refractivity contribution in [2.75, 3.05) is 13.2 Å². The number of carbonyl (C=O) groups excluding carboxylic acids is 1. The molecule has 1 aliphatic heterocycles. The number of ether oxygens (including phenoxy) is 1. The molecule has 64 valence electrons. The van der Waals surface area contributed by atoms with Gasteiger partial charge in [0.05, 0.1) is 5.92 Å². The van der Waals surface area contributed by atoms with E-state index in [1.165, 1.54) is 0 Å².